The first-order chi connectivity index (χ1) is 2.27. The second kappa shape index (κ2) is 2.65. The van der Waals surface area contributed by atoms with Gasteiger partial charge in [-0.2, -0.15) is 0 Å². The van der Waals surface area contributed by atoms with Gasteiger partial charge in [-0.3, -0.25) is 0 Å². The Labute approximate surface area is 43.8 Å². The van der Waals surface area contributed by atoms with Crippen LogP contribution in [0.15, 0.2) is 0 Å². The van der Waals surface area contributed by atoms with Crippen LogP contribution in [0.1, 0.15) is 0 Å². The molecule has 0 spiro atoms. The maximum absolute atomic E-state index is 9.75. The van der Waals surface area contributed by atoms with Crippen LogP contribution in [0.2, 0.25) is 0 Å². The van der Waals surface area contributed by atoms with Gasteiger partial charge in [0.15, 0.2) is 0 Å². The number of rotatable bonds is 1. The third-order valence-electron chi connectivity index (χ3n) is 0.201. The second-order valence-corrected chi connectivity index (χ2v) is 2.51. The summed E-state index contributed by atoms with van der Waals surface area (Å²) in [6.45, 7) is 0.224. The Balaban J connectivity index is 2.85. The van der Waals surface area contributed by atoms with E-state index in [9.17, 15) is 4.79 Å². The summed E-state index contributed by atoms with van der Waals surface area (Å²) in [5.41, 5.74) is 4.85. The van der Waals surface area contributed by atoms with Crippen LogP contribution in [0.3, 0.4) is 0 Å². The topological polar surface area (TPSA) is 43.1 Å². The van der Waals surface area contributed by atoms with E-state index in [-0.39, 0.29) is 10.3 Å². The molecule has 5 heavy (non-hydrogen) atoms. The zero-order chi connectivity index (χ0) is 4.28. The summed E-state index contributed by atoms with van der Waals surface area (Å²) < 4.78 is 0.162. The molecule has 0 bridgehead atoms. The van der Waals surface area contributed by atoms with E-state index in [1.807, 2.05) is 0 Å². The molecule has 0 aromatic heterocycles. The van der Waals surface area contributed by atoms with Crippen LogP contribution in [-0.4, -0.2) is 32.9 Å². The molecule has 2 N–H and O–H groups in total. The quantitative estimate of drug-likeness (QED) is 0.489. The van der Waals surface area contributed by atoms with Crippen LogP contribution in [0.4, 0.5) is 0 Å². The summed E-state index contributed by atoms with van der Waals surface area (Å²) in [4.78, 5) is 9.75. The van der Waals surface area contributed by atoms with Gasteiger partial charge in [0.2, 0.25) is 0 Å². The van der Waals surface area contributed by atoms with Crippen molar-refractivity contribution in [2.75, 3.05) is 6.54 Å². The average Bonchev–Trinajstić information content (AvgIpc) is 1.38. The molecule has 0 heterocycles. The van der Waals surface area contributed by atoms with Gasteiger partial charge in [-0.25, -0.2) is 0 Å². The molecule has 28 valence electrons. The fraction of sp³-hybridized carbons (Fsp3) is 0.500. The van der Waals surface area contributed by atoms with Crippen molar-refractivity contribution < 1.29 is 4.79 Å². The normalized spacial score (nSPS) is 7.60. The zero-order valence-corrected chi connectivity index (χ0v) is 6.07. The number of hydrogen-bond donors (Lipinski definition) is 1. The number of hydrogen-bond acceptors (Lipinski definition) is 2. The van der Waals surface area contributed by atoms with Crippen molar-refractivity contribution in [3.8, 4) is 0 Å². The standard InChI is InChI=1S/C2H4NO.Sn.H/c3-1-2-4;;/h1,3H2;;. The number of carbonyl (C=O) groups is 1. The van der Waals surface area contributed by atoms with E-state index in [1.165, 1.54) is 0 Å². The van der Waals surface area contributed by atoms with Gasteiger partial charge in [0, 0.05) is 0 Å². The molecule has 0 aliphatic rings. The van der Waals surface area contributed by atoms with Gasteiger partial charge >= 0.3 is 43.4 Å². The minimum absolute atomic E-state index is 0.162. The predicted octanol–water partition coefficient (Wildman–Crippen LogP) is -1.63. The van der Waals surface area contributed by atoms with Gasteiger partial charge in [-0.15, -0.1) is 0 Å². The van der Waals surface area contributed by atoms with E-state index in [4.69, 9.17) is 5.73 Å². The van der Waals surface area contributed by atoms with Crippen LogP contribution in [0.25, 0.3) is 0 Å². The van der Waals surface area contributed by atoms with Gasteiger partial charge < -0.3 is 0 Å². The SMILES string of the molecule is NC[C](=O)[SnH]. The number of nitrogens with two attached hydrogens (primary N) is 1. The first-order valence-electron chi connectivity index (χ1n) is 1.25. The van der Waals surface area contributed by atoms with Crippen molar-refractivity contribution in [3.63, 3.8) is 0 Å². The minimum atomic E-state index is 0.162. The van der Waals surface area contributed by atoms with Crippen molar-refractivity contribution in [2.24, 2.45) is 5.73 Å². The first-order valence-corrected chi connectivity index (χ1v) is 2.90. The van der Waals surface area contributed by atoms with Gasteiger partial charge in [0.1, 0.15) is 0 Å². The van der Waals surface area contributed by atoms with Crippen LogP contribution in [0.5, 0.6) is 0 Å². The van der Waals surface area contributed by atoms with Crippen molar-refractivity contribution in [3.05, 3.63) is 0 Å². The van der Waals surface area contributed by atoms with Gasteiger partial charge in [-0.05, 0) is 0 Å². The third-order valence-corrected chi connectivity index (χ3v) is 0.874. The van der Waals surface area contributed by atoms with Crippen LogP contribution < -0.4 is 5.73 Å². The molecule has 0 saturated heterocycles. The van der Waals surface area contributed by atoms with Crippen molar-refractivity contribution in [2.45, 2.75) is 0 Å². The molecule has 3 heteroatoms. The van der Waals surface area contributed by atoms with Crippen LogP contribution in [-0.2, 0) is 4.79 Å². The molecular weight excluding hydrogens is 173 g/mol. The monoisotopic (exact) mass is 179 g/mol. The van der Waals surface area contributed by atoms with E-state index in [0.29, 0.717) is 22.5 Å². The number of carbonyl (C=O) groups excluding carboxylic acids is 1. The molecular formula is C2H5NOSn. The Bertz CT molecular complexity index is 44.9. The van der Waals surface area contributed by atoms with Crippen molar-refractivity contribution >= 4 is 26.3 Å². The fourth-order valence-electron chi connectivity index (χ4n) is 0. The Kier molecular flexibility index (Phi) is 2.88. The van der Waals surface area contributed by atoms with Gasteiger partial charge in [0.05, 0.1) is 0 Å². The molecule has 0 amide bonds. The Morgan fingerprint density at radius 1 is 2.00 bits per heavy atom. The molecule has 2 nitrogen and oxygen atoms in total. The Hall–Kier alpha value is 0.429. The molecule has 0 unspecified atom stereocenters. The molecule has 0 rings (SSSR count). The van der Waals surface area contributed by atoms with Crippen LogP contribution in [0, 0.1) is 0 Å². The molecule has 0 aliphatic carbocycles. The summed E-state index contributed by atoms with van der Waals surface area (Å²) in [6, 6.07) is 0. The summed E-state index contributed by atoms with van der Waals surface area (Å²) in [5, 5.41) is 0. The van der Waals surface area contributed by atoms with Crippen molar-refractivity contribution in [1.82, 2.24) is 0 Å². The van der Waals surface area contributed by atoms with E-state index < -0.39 is 0 Å². The summed E-state index contributed by atoms with van der Waals surface area (Å²) in [7, 11) is 0. The molecule has 0 fully saturated rings. The van der Waals surface area contributed by atoms with E-state index in [2.05, 4.69) is 0 Å². The summed E-state index contributed by atoms with van der Waals surface area (Å²) in [6.07, 6.45) is 0. The van der Waals surface area contributed by atoms with E-state index in [0.717, 1.165) is 0 Å². The molecule has 0 aromatic carbocycles. The van der Waals surface area contributed by atoms with Gasteiger partial charge in [0.25, 0.3) is 0 Å². The third kappa shape index (κ3) is 4.43. The predicted molar refractivity (Wildman–Crippen MR) is 21.2 cm³/mol. The molecule has 0 aliphatic heterocycles. The fourth-order valence-corrected chi connectivity index (χ4v) is 0. The van der Waals surface area contributed by atoms with E-state index >= 15 is 0 Å². The Morgan fingerprint density at radius 2 is 2.20 bits per heavy atom. The van der Waals surface area contributed by atoms with Crippen LogP contribution >= 0.6 is 0 Å². The zero-order valence-electron chi connectivity index (χ0n) is 2.77. The van der Waals surface area contributed by atoms with Crippen molar-refractivity contribution in [1.29, 1.82) is 0 Å². The van der Waals surface area contributed by atoms with Gasteiger partial charge in [-0.1, -0.05) is 0 Å². The average molecular weight is 178 g/mol. The second-order valence-electron chi connectivity index (χ2n) is 0.670. The molecule has 0 aromatic rings. The summed E-state index contributed by atoms with van der Waals surface area (Å²) >= 11 is 0.660. The summed E-state index contributed by atoms with van der Waals surface area (Å²) in [5.74, 6) is 0. The molecule has 2 radical (unpaired) electrons. The van der Waals surface area contributed by atoms with E-state index in [1.54, 1.807) is 0 Å². The molecule has 0 atom stereocenters. The molecule has 0 saturated carbocycles. The maximum atomic E-state index is 9.75. The Morgan fingerprint density at radius 3 is 2.20 bits per heavy atom. The first kappa shape index (κ1) is 5.43.